The highest BCUT2D eigenvalue weighted by Gasteiger charge is 2.17. The van der Waals surface area contributed by atoms with Gasteiger partial charge in [-0.2, -0.15) is 0 Å². The van der Waals surface area contributed by atoms with Crippen molar-refractivity contribution in [2.24, 2.45) is 5.92 Å². The van der Waals surface area contributed by atoms with Crippen LogP contribution in [0.3, 0.4) is 0 Å². The number of aromatic nitrogens is 2. The zero-order valence-corrected chi connectivity index (χ0v) is 12.6. The van der Waals surface area contributed by atoms with E-state index < -0.39 is 0 Å². The molecule has 0 radical (unpaired) electrons. The first-order valence-corrected chi connectivity index (χ1v) is 7.79. The number of allylic oxidation sites excluding steroid dienone is 1. The van der Waals surface area contributed by atoms with Gasteiger partial charge in [0, 0.05) is 24.5 Å². The van der Waals surface area contributed by atoms with Crippen molar-refractivity contribution in [1.82, 2.24) is 14.9 Å². The minimum absolute atomic E-state index is 0.0275. The molecule has 3 heterocycles. The number of pyridine rings is 2. The van der Waals surface area contributed by atoms with Crippen LogP contribution < -0.4 is 5.56 Å². The summed E-state index contributed by atoms with van der Waals surface area (Å²) < 4.78 is 0. The highest BCUT2D eigenvalue weighted by molar-refractivity contribution is 5.44. The molecule has 0 amide bonds. The number of hydrogen-bond donors (Lipinski definition) is 1. The molecule has 0 aromatic carbocycles. The molecular formula is C18H21N3O. The van der Waals surface area contributed by atoms with E-state index in [1.54, 1.807) is 6.20 Å². The smallest absolute Gasteiger partial charge is 0.252 e. The molecule has 1 fully saturated rings. The van der Waals surface area contributed by atoms with Crippen LogP contribution in [-0.2, 0) is 6.54 Å². The maximum Gasteiger partial charge on any atom is 0.252 e. The van der Waals surface area contributed by atoms with Gasteiger partial charge in [-0.1, -0.05) is 18.2 Å². The lowest BCUT2D eigenvalue weighted by atomic mass is 9.96. The molecule has 1 aliphatic heterocycles. The SMILES string of the molecule is O=c1[nH]cccc1CN1CCC(C=Cc2ccccn2)CC1. The molecule has 114 valence electrons. The molecule has 22 heavy (non-hydrogen) atoms. The van der Waals surface area contributed by atoms with Crippen LogP contribution in [0.15, 0.2) is 53.6 Å². The summed E-state index contributed by atoms with van der Waals surface area (Å²) in [5, 5.41) is 0. The number of nitrogens with zero attached hydrogens (tertiary/aromatic N) is 2. The van der Waals surface area contributed by atoms with Crippen molar-refractivity contribution in [2.45, 2.75) is 19.4 Å². The molecule has 2 aromatic heterocycles. The van der Waals surface area contributed by atoms with E-state index in [0.717, 1.165) is 43.7 Å². The standard InChI is InChI=1S/C18H21N3O/c22-18-16(4-3-11-20-18)14-21-12-8-15(9-13-21)6-7-17-5-1-2-10-19-17/h1-7,10-11,15H,8-9,12-14H2,(H,20,22). The van der Waals surface area contributed by atoms with Crippen LogP contribution in [0.4, 0.5) is 0 Å². The highest BCUT2D eigenvalue weighted by Crippen LogP contribution is 2.20. The van der Waals surface area contributed by atoms with Gasteiger partial charge in [-0.3, -0.25) is 14.7 Å². The van der Waals surface area contributed by atoms with Gasteiger partial charge >= 0.3 is 0 Å². The Morgan fingerprint density at radius 3 is 2.82 bits per heavy atom. The third-order valence-corrected chi connectivity index (χ3v) is 4.15. The Labute approximate surface area is 130 Å². The Morgan fingerprint density at radius 2 is 2.09 bits per heavy atom. The van der Waals surface area contributed by atoms with Gasteiger partial charge in [0.2, 0.25) is 0 Å². The minimum atomic E-state index is 0.0275. The molecule has 0 bridgehead atoms. The molecule has 3 rings (SSSR count). The van der Waals surface area contributed by atoms with Gasteiger partial charge < -0.3 is 4.98 Å². The molecule has 4 nitrogen and oxygen atoms in total. The summed E-state index contributed by atoms with van der Waals surface area (Å²) in [4.78, 5) is 21.1. The van der Waals surface area contributed by atoms with E-state index in [0.29, 0.717) is 5.92 Å². The Balaban J connectivity index is 1.51. The van der Waals surface area contributed by atoms with Crippen LogP contribution in [0.5, 0.6) is 0 Å². The molecule has 0 aliphatic carbocycles. The Kier molecular flexibility index (Phi) is 4.81. The van der Waals surface area contributed by atoms with Crippen LogP contribution >= 0.6 is 0 Å². The lowest BCUT2D eigenvalue weighted by Crippen LogP contribution is -2.34. The van der Waals surface area contributed by atoms with Gasteiger partial charge in [-0.05, 0) is 56.1 Å². The maximum absolute atomic E-state index is 11.7. The summed E-state index contributed by atoms with van der Waals surface area (Å²) in [7, 11) is 0. The zero-order chi connectivity index (χ0) is 15.2. The second-order valence-corrected chi connectivity index (χ2v) is 5.75. The average Bonchev–Trinajstić information content (AvgIpc) is 2.57. The van der Waals surface area contributed by atoms with E-state index in [2.05, 4.69) is 27.0 Å². The predicted octanol–water partition coefficient (Wildman–Crippen LogP) is 2.70. The molecule has 2 aromatic rings. The van der Waals surface area contributed by atoms with E-state index >= 15 is 0 Å². The van der Waals surface area contributed by atoms with Crippen LogP contribution in [0.1, 0.15) is 24.1 Å². The zero-order valence-electron chi connectivity index (χ0n) is 12.6. The van der Waals surface area contributed by atoms with Crippen molar-refractivity contribution in [3.8, 4) is 0 Å². The summed E-state index contributed by atoms with van der Waals surface area (Å²) in [5.41, 5.74) is 1.89. The van der Waals surface area contributed by atoms with Crippen molar-refractivity contribution < 1.29 is 0 Å². The normalized spacial score (nSPS) is 17.1. The Bertz CT molecular complexity index is 670. The predicted molar refractivity (Wildman–Crippen MR) is 88.3 cm³/mol. The highest BCUT2D eigenvalue weighted by atomic mass is 16.1. The van der Waals surface area contributed by atoms with E-state index in [1.165, 1.54) is 0 Å². The van der Waals surface area contributed by atoms with E-state index in [4.69, 9.17) is 0 Å². The monoisotopic (exact) mass is 295 g/mol. The van der Waals surface area contributed by atoms with Gasteiger partial charge in [0.15, 0.2) is 0 Å². The van der Waals surface area contributed by atoms with Gasteiger partial charge in [0.25, 0.3) is 5.56 Å². The second-order valence-electron chi connectivity index (χ2n) is 5.75. The number of hydrogen-bond acceptors (Lipinski definition) is 3. The fourth-order valence-electron chi connectivity index (χ4n) is 2.83. The summed E-state index contributed by atoms with van der Waals surface area (Å²) in [6.07, 6.45) is 10.2. The number of nitrogens with one attached hydrogen (secondary N) is 1. The maximum atomic E-state index is 11.7. The molecule has 0 spiro atoms. The lowest BCUT2D eigenvalue weighted by molar-refractivity contribution is 0.195. The molecule has 0 saturated carbocycles. The fourth-order valence-corrected chi connectivity index (χ4v) is 2.83. The average molecular weight is 295 g/mol. The molecular weight excluding hydrogens is 274 g/mol. The van der Waals surface area contributed by atoms with E-state index in [1.807, 2.05) is 36.5 Å². The quantitative estimate of drug-likeness (QED) is 0.943. The van der Waals surface area contributed by atoms with Gasteiger partial charge in [-0.25, -0.2) is 0 Å². The number of rotatable bonds is 4. The van der Waals surface area contributed by atoms with Crippen molar-refractivity contribution in [2.75, 3.05) is 13.1 Å². The van der Waals surface area contributed by atoms with Crippen molar-refractivity contribution in [1.29, 1.82) is 0 Å². The van der Waals surface area contributed by atoms with E-state index in [-0.39, 0.29) is 5.56 Å². The van der Waals surface area contributed by atoms with Gasteiger partial charge in [-0.15, -0.1) is 0 Å². The fraction of sp³-hybridized carbons (Fsp3) is 0.333. The summed E-state index contributed by atoms with van der Waals surface area (Å²) >= 11 is 0. The van der Waals surface area contributed by atoms with Gasteiger partial charge in [0.1, 0.15) is 0 Å². The lowest BCUT2D eigenvalue weighted by Gasteiger charge is -2.30. The Hall–Kier alpha value is -2.20. The third-order valence-electron chi connectivity index (χ3n) is 4.15. The van der Waals surface area contributed by atoms with Crippen LogP contribution in [0.2, 0.25) is 0 Å². The molecule has 4 heteroatoms. The summed E-state index contributed by atoms with van der Waals surface area (Å²) in [6, 6.07) is 9.76. The van der Waals surface area contributed by atoms with Crippen molar-refractivity contribution in [3.05, 3.63) is 70.4 Å². The second kappa shape index (κ2) is 7.18. The summed E-state index contributed by atoms with van der Waals surface area (Å²) in [5.74, 6) is 0.604. The van der Waals surface area contributed by atoms with Crippen LogP contribution in [0, 0.1) is 5.92 Å². The molecule has 0 atom stereocenters. The molecule has 0 unspecified atom stereocenters. The number of piperidine rings is 1. The van der Waals surface area contributed by atoms with Crippen molar-refractivity contribution >= 4 is 6.08 Å². The number of aromatic amines is 1. The largest absolute Gasteiger partial charge is 0.329 e. The first-order valence-electron chi connectivity index (χ1n) is 7.79. The Morgan fingerprint density at radius 1 is 1.23 bits per heavy atom. The van der Waals surface area contributed by atoms with Crippen LogP contribution in [0.25, 0.3) is 6.08 Å². The molecule has 1 N–H and O–H groups in total. The van der Waals surface area contributed by atoms with E-state index in [9.17, 15) is 4.79 Å². The topological polar surface area (TPSA) is 49.0 Å². The van der Waals surface area contributed by atoms with Gasteiger partial charge in [0.05, 0.1) is 5.69 Å². The van der Waals surface area contributed by atoms with Crippen molar-refractivity contribution in [3.63, 3.8) is 0 Å². The molecule has 1 saturated heterocycles. The molecule has 1 aliphatic rings. The first kappa shape index (κ1) is 14.7. The number of H-pyrrole nitrogens is 1. The minimum Gasteiger partial charge on any atom is -0.329 e. The number of likely N-dealkylation sites (tertiary alicyclic amines) is 1. The first-order chi connectivity index (χ1) is 10.8. The third kappa shape index (κ3) is 3.92. The summed E-state index contributed by atoms with van der Waals surface area (Å²) in [6.45, 7) is 2.81. The van der Waals surface area contributed by atoms with Crippen LogP contribution in [-0.4, -0.2) is 28.0 Å².